The molecule has 3 nitrogen and oxygen atoms in total. The molecule has 1 heterocycles. The van der Waals surface area contributed by atoms with Crippen LogP contribution in [0.2, 0.25) is 5.02 Å². The summed E-state index contributed by atoms with van der Waals surface area (Å²) in [4.78, 5) is 5.71. The van der Waals surface area contributed by atoms with Crippen LogP contribution in [-0.4, -0.2) is 16.6 Å². The van der Waals surface area contributed by atoms with E-state index in [1.807, 2.05) is 32.3 Å². The SMILES string of the molecule is CNc1ccc(Sc2nc3cc(C)ccc3n2C)c(Cl)c1. The van der Waals surface area contributed by atoms with Crippen LogP contribution < -0.4 is 5.32 Å². The fraction of sp³-hybridized carbons (Fsp3) is 0.188. The van der Waals surface area contributed by atoms with Gasteiger partial charge in [0.2, 0.25) is 0 Å². The largest absolute Gasteiger partial charge is 0.388 e. The Morgan fingerprint density at radius 1 is 1.19 bits per heavy atom. The molecule has 0 fully saturated rings. The number of benzene rings is 2. The summed E-state index contributed by atoms with van der Waals surface area (Å²) >= 11 is 7.92. The minimum absolute atomic E-state index is 0.732. The molecule has 0 spiro atoms. The van der Waals surface area contributed by atoms with Gasteiger partial charge < -0.3 is 9.88 Å². The Balaban J connectivity index is 2.00. The van der Waals surface area contributed by atoms with Gasteiger partial charge in [0.25, 0.3) is 0 Å². The molecule has 0 unspecified atom stereocenters. The number of anilines is 1. The monoisotopic (exact) mass is 317 g/mol. The molecular weight excluding hydrogens is 302 g/mol. The Bertz CT molecular complexity index is 811. The summed E-state index contributed by atoms with van der Waals surface area (Å²) in [6.07, 6.45) is 0. The first-order valence-electron chi connectivity index (χ1n) is 6.66. The zero-order chi connectivity index (χ0) is 15.0. The van der Waals surface area contributed by atoms with E-state index in [-0.39, 0.29) is 0 Å². The summed E-state index contributed by atoms with van der Waals surface area (Å²) in [6, 6.07) is 12.3. The molecule has 108 valence electrons. The fourth-order valence-electron chi connectivity index (χ4n) is 2.22. The quantitative estimate of drug-likeness (QED) is 0.757. The van der Waals surface area contributed by atoms with E-state index < -0.39 is 0 Å². The van der Waals surface area contributed by atoms with Gasteiger partial charge in [0.15, 0.2) is 5.16 Å². The first-order valence-corrected chi connectivity index (χ1v) is 7.86. The van der Waals surface area contributed by atoms with Crippen LogP contribution in [0.15, 0.2) is 46.5 Å². The lowest BCUT2D eigenvalue weighted by atomic mass is 10.2. The first-order chi connectivity index (χ1) is 10.1. The molecule has 0 amide bonds. The highest BCUT2D eigenvalue weighted by Crippen LogP contribution is 2.35. The predicted molar refractivity (Wildman–Crippen MR) is 90.6 cm³/mol. The zero-order valence-electron chi connectivity index (χ0n) is 12.1. The van der Waals surface area contributed by atoms with E-state index in [9.17, 15) is 0 Å². The second-order valence-corrected chi connectivity index (χ2v) is 6.36. The smallest absolute Gasteiger partial charge is 0.173 e. The van der Waals surface area contributed by atoms with Crippen molar-refractivity contribution in [2.75, 3.05) is 12.4 Å². The lowest BCUT2D eigenvalue weighted by Crippen LogP contribution is -1.91. The second kappa shape index (κ2) is 5.62. The number of halogens is 1. The summed E-state index contributed by atoms with van der Waals surface area (Å²) in [5, 5.41) is 4.75. The number of nitrogens with one attached hydrogen (secondary N) is 1. The third-order valence-corrected chi connectivity index (χ3v) is 4.97. The molecule has 0 aliphatic heterocycles. The van der Waals surface area contributed by atoms with Gasteiger partial charge in [-0.2, -0.15) is 0 Å². The molecule has 3 rings (SSSR count). The topological polar surface area (TPSA) is 29.9 Å². The number of hydrogen-bond acceptors (Lipinski definition) is 3. The lowest BCUT2D eigenvalue weighted by molar-refractivity contribution is 0.815. The number of hydrogen-bond donors (Lipinski definition) is 1. The molecule has 2 aromatic carbocycles. The average molecular weight is 318 g/mol. The molecular formula is C16H16ClN3S. The molecule has 0 atom stereocenters. The lowest BCUT2D eigenvalue weighted by Gasteiger charge is -2.06. The van der Waals surface area contributed by atoms with E-state index in [0.29, 0.717) is 0 Å². The van der Waals surface area contributed by atoms with Gasteiger partial charge in [0.1, 0.15) is 0 Å². The Morgan fingerprint density at radius 2 is 2.00 bits per heavy atom. The maximum absolute atomic E-state index is 6.34. The normalized spacial score (nSPS) is 11.0. The highest BCUT2D eigenvalue weighted by Gasteiger charge is 2.11. The van der Waals surface area contributed by atoms with E-state index >= 15 is 0 Å². The summed E-state index contributed by atoms with van der Waals surface area (Å²) in [5.41, 5.74) is 4.37. The minimum atomic E-state index is 0.732. The molecule has 0 radical (unpaired) electrons. The van der Waals surface area contributed by atoms with Crippen molar-refractivity contribution < 1.29 is 0 Å². The minimum Gasteiger partial charge on any atom is -0.388 e. The van der Waals surface area contributed by atoms with Crippen molar-refractivity contribution in [3.8, 4) is 0 Å². The van der Waals surface area contributed by atoms with E-state index in [0.717, 1.165) is 31.8 Å². The van der Waals surface area contributed by atoms with Gasteiger partial charge in [-0.05, 0) is 42.8 Å². The maximum Gasteiger partial charge on any atom is 0.173 e. The van der Waals surface area contributed by atoms with Crippen molar-refractivity contribution in [1.82, 2.24) is 9.55 Å². The number of aromatic nitrogens is 2. The molecule has 0 saturated carbocycles. The number of aryl methyl sites for hydroxylation is 2. The van der Waals surface area contributed by atoms with Crippen molar-refractivity contribution in [2.24, 2.45) is 7.05 Å². The predicted octanol–water partition coefficient (Wildman–Crippen LogP) is 4.73. The standard InChI is InChI=1S/C16H16ClN3S/c1-10-4-6-14-13(8-10)19-16(20(14)3)21-15-7-5-11(18-2)9-12(15)17/h4-9,18H,1-3H3. The van der Waals surface area contributed by atoms with Gasteiger partial charge in [-0.25, -0.2) is 4.98 Å². The summed E-state index contributed by atoms with van der Waals surface area (Å²) in [7, 11) is 3.91. The van der Waals surface area contributed by atoms with Crippen LogP contribution in [0.3, 0.4) is 0 Å². The third-order valence-electron chi connectivity index (χ3n) is 3.42. The summed E-state index contributed by atoms with van der Waals surface area (Å²) < 4.78 is 2.10. The van der Waals surface area contributed by atoms with Gasteiger partial charge >= 0.3 is 0 Å². The Hall–Kier alpha value is -1.65. The molecule has 0 saturated heterocycles. The highest BCUT2D eigenvalue weighted by molar-refractivity contribution is 7.99. The van der Waals surface area contributed by atoms with Crippen molar-refractivity contribution in [1.29, 1.82) is 0 Å². The molecule has 3 aromatic rings. The van der Waals surface area contributed by atoms with Crippen LogP contribution in [-0.2, 0) is 7.05 Å². The van der Waals surface area contributed by atoms with Crippen LogP contribution in [0.5, 0.6) is 0 Å². The van der Waals surface area contributed by atoms with Gasteiger partial charge in [-0.15, -0.1) is 0 Å². The second-order valence-electron chi connectivity index (χ2n) is 4.94. The molecule has 5 heteroatoms. The highest BCUT2D eigenvalue weighted by atomic mass is 35.5. The van der Waals surface area contributed by atoms with Crippen LogP contribution in [0.1, 0.15) is 5.56 Å². The summed E-state index contributed by atoms with van der Waals surface area (Å²) in [5.74, 6) is 0. The number of nitrogens with zero attached hydrogens (tertiary/aromatic N) is 2. The van der Waals surface area contributed by atoms with Gasteiger partial charge in [-0.3, -0.25) is 0 Å². The van der Waals surface area contributed by atoms with Gasteiger partial charge in [-0.1, -0.05) is 29.4 Å². The van der Waals surface area contributed by atoms with Crippen molar-refractivity contribution >= 4 is 40.1 Å². The molecule has 1 aromatic heterocycles. The number of rotatable bonds is 3. The van der Waals surface area contributed by atoms with Crippen molar-refractivity contribution in [2.45, 2.75) is 17.0 Å². The molecule has 1 N–H and O–H groups in total. The maximum atomic E-state index is 6.34. The van der Waals surface area contributed by atoms with E-state index in [2.05, 4.69) is 35.0 Å². The van der Waals surface area contributed by atoms with Crippen LogP contribution >= 0.6 is 23.4 Å². The van der Waals surface area contributed by atoms with Crippen LogP contribution in [0.4, 0.5) is 5.69 Å². The first kappa shape index (κ1) is 14.3. The molecule has 0 bridgehead atoms. The van der Waals surface area contributed by atoms with E-state index in [4.69, 9.17) is 16.6 Å². The van der Waals surface area contributed by atoms with Crippen LogP contribution in [0, 0.1) is 6.92 Å². The Labute approximate surface area is 133 Å². The Morgan fingerprint density at radius 3 is 2.71 bits per heavy atom. The molecule has 21 heavy (non-hydrogen) atoms. The zero-order valence-corrected chi connectivity index (χ0v) is 13.7. The summed E-state index contributed by atoms with van der Waals surface area (Å²) in [6.45, 7) is 2.08. The average Bonchev–Trinajstić information content (AvgIpc) is 2.77. The van der Waals surface area contributed by atoms with Crippen molar-refractivity contribution in [3.05, 3.63) is 47.0 Å². The van der Waals surface area contributed by atoms with Crippen LogP contribution in [0.25, 0.3) is 11.0 Å². The third kappa shape index (κ3) is 2.74. The molecule has 0 aliphatic carbocycles. The van der Waals surface area contributed by atoms with Gasteiger partial charge in [0, 0.05) is 24.7 Å². The van der Waals surface area contributed by atoms with E-state index in [1.54, 1.807) is 11.8 Å². The Kier molecular flexibility index (Phi) is 3.83. The number of fused-ring (bicyclic) bond motifs is 1. The van der Waals surface area contributed by atoms with Gasteiger partial charge in [0.05, 0.1) is 16.1 Å². The van der Waals surface area contributed by atoms with Crippen molar-refractivity contribution in [3.63, 3.8) is 0 Å². The molecule has 0 aliphatic rings. The van der Waals surface area contributed by atoms with E-state index in [1.165, 1.54) is 5.56 Å². The number of imidazole rings is 1. The fourth-order valence-corrected chi connectivity index (χ4v) is 3.38.